The monoisotopic (exact) mass is 496 g/mol. The lowest BCUT2D eigenvalue weighted by atomic mass is 10.0. The molecule has 0 bridgehead atoms. The number of ether oxygens (including phenoxy) is 1. The Bertz CT molecular complexity index is 1110. The Morgan fingerprint density at radius 3 is 2.50 bits per heavy atom. The van der Waals surface area contributed by atoms with Crippen molar-refractivity contribution in [1.82, 2.24) is 4.90 Å². The molecule has 1 atom stereocenters. The van der Waals surface area contributed by atoms with Crippen LogP contribution in [0.1, 0.15) is 47.5 Å². The molecule has 2 aromatic rings. The number of rotatable bonds is 8. The third kappa shape index (κ3) is 5.96. The van der Waals surface area contributed by atoms with Crippen molar-refractivity contribution in [3.63, 3.8) is 0 Å². The topological polar surface area (TPSA) is 95.9 Å². The number of aliphatic carboxylic acids is 1. The number of alkyl halides is 3. The van der Waals surface area contributed by atoms with Crippen LogP contribution >= 0.6 is 11.3 Å². The largest absolute Gasteiger partial charge is 0.573 e. The lowest BCUT2D eigenvalue weighted by molar-refractivity contribution is -0.274. The molecule has 1 amide bonds. The molecule has 3 rings (SSSR count). The van der Waals surface area contributed by atoms with E-state index >= 15 is 0 Å². The summed E-state index contributed by atoms with van der Waals surface area (Å²) in [5, 5.41) is 12.5. The number of carboxylic acids is 1. The molecular formula is C23H23F3N2O5S. The van der Waals surface area contributed by atoms with Gasteiger partial charge in [0, 0.05) is 16.1 Å². The number of halogens is 3. The zero-order chi connectivity index (χ0) is 25.0. The van der Waals surface area contributed by atoms with Crippen LogP contribution in [0.15, 0.2) is 42.1 Å². The van der Waals surface area contributed by atoms with Gasteiger partial charge in [-0.2, -0.15) is 0 Å². The highest BCUT2D eigenvalue weighted by Gasteiger charge is 2.34. The first-order valence-electron chi connectivity index (χ1n) is 10.5. The van der Waals surface area contributed by atoms with Crippen molar-refractivity contribution in [2.75, 3.05) is 11.9 Å². The van der Waals surface area contributed by atoms with Crippen LogP contribution in [0.25, 0.3) is 0 Å². The first kappa shape index (κ1) is 25.3. The van der Waals surface area contributed by atoms with Gasteiger partial charge in [0.25, 0.3) is 0 Å². The number of hydrogen-bond donors (Lipinski definition) is 2. The van der Waals surface area contributed by atoms with Gasteiger partial charge in [-0.1, -0.05) is 13.0 Å². The van der Waals surface area contributed by atoms with E-state index in [0.29, 0.717) is 24.3 Å². The standard InChI is InChI=1S/C23H23F3N2O5S/c1-3-14-7-10-18(22(31)32)28(14)12-19(29)27-21-17(11-16(4-2)34-21)20(30)13-5-8-15(9-6-13)33-23(24,25)26/h3,5-6,8-9,11,18H,4,7,10,12H2,1-2H3,(H,27,29)(H,31,32)/b14-3+/t18-/m1/s1. The number of thiophene rings is 1. The van der Waals surface area contributed by atoms with Gasteiger partial charge in [-0.05, 0) is 56.5 Å². The molecule has 1 aromatic carbocycles. The third-order valence-corrected chi connectivity index (χ3v) is 6.53. The van der Waals surface area contributed by atoms with Gasteiger partial charge in [-0.25, -0.2) is 4.79 Å². The van der Waals surface area contributed by atoms with Crippen molar-refractivity contribution >= 4 is 34.0 Å². The van der Waals surface area contributed by atoms with E-state index in [1.165, 1.54) is 28.4 Å². The third-order valence-electron chi connectivity index (χ3n) is 5.33. The lowest BCUT2D eigenvalue weighted by Gasteiger charge is -2.24. The van der Waals surface area contributed by atoms with Gasteiger partial charge >= 0.3 is 12.3 Å². The number of nitrogens with zero attached hydrogens (tertiary/aromatic N) is 1. The number of anilines is 1. The number of hydrogen-bond acceptors (Lipinski definition) is 6. The number of aryl methyl sites for hydroxylation is 1. The molecule has 2 N–H and O–H groups in total. The molecule has 1 aliphatic heterocycles. The minimum atomic E-state index is -4.84. The summed E-state index contributed by atoms with van der Waals surface area (Å²) in [6, 6.07) is 5.37. The van der Waals surface area contributed by atoms with Gasteiger partial charge < -0.3 is 20.1 Å². The Morgan fingerprint density at radius 1 is 1.26 bits per heavy atom. The summed E-state index contributed by atoms with van der Waals surface area (Å²) >= 11 is 1.22. The summed E-state index contributed by atoms with van der Waals surface area (Å²) in [5.74, 6) is -2.40. The number of ketones is 1. The number of likely N-dealkylation sites (tertiary alicyclic amines) is 1. The summed E-state index contributed by atoms with van der Waals surface area (Å²) < 4.78 is 41.0. The van der Waals surface area contributed by atoms with Crippen molar-refractivity contribution in [3.8, 4) is 5.75 Å². The Balaban J connectivity index is 1.79. The molecule has 1 fully saturated rings. The van der Waals surface area contributed by atoms with Gasteiger partial charge in [-0.3, -0.25) is 9.59 Å². The van der Waals surface area contributed by atoms with Gasteiger partial charge in [0.15, 0.2) is 5.78 Å². The number of carboxylic acid groups (broad SMARTS) is 1. The number of carbonyl (C=O) groups is 3. The molecule has 1 saturated heterocycles. The molecule has 1 aromatic heterocycles. The normalized spacial score (nSPS) is 17.1. The molecule has 7 nitrogen and oxygen atoms in total. The van der Waals surface area contributed by atoms with Gasteiger partial charge in [0.1, 0.15) is 16.8 Å². The fourth-order valence-electron chi connectivity index (χ4n) is 3.73. The number of nitrogens with one attached hydrogen (secondary N) is 1. The Hall–Kier alpha value is -3.34. The minimum absolute atomic E-state index is 0.132. The molecule has 182 valence electrons. The van der Waals surface area contributed by atoms with Crippen LogP contribution in [0.5, 0.6) is 5.75 Å². The van der Waals surface area contributed by atoms with E-state index < -0.39 is 35.8 Å². The summed E-state index contributed by atoms with van der Waals surface area (Å²) in [4.78, 5) is 39.7. The van der Waals surface area contributed by atoms with Crippen LogP contribution in [0, 0.1) is 0 Å². The van der Waals surface area contributed by atoms with Crippen LogP contribution in [0.2, 0.25) is 0 Å². The Labute approximate surface area is 197 Å². The van der Waals surface area contributed by atoms with Crippen LogP contribution < -0.4 is 10.1 Å². The van der Waals surface area contributed by atoms with Crippen LogP contribution in [0.4, 0.5) is 18.2 Å². The maximum absolute atomic E-state index is 13.1. The second-order valence-electron chi connectivity index (χ2n) is 7.56. The molecule has 0 spiro atoms. The maximum Gasteiger partial charge on any atom is 0.573 e. The lowest BCUT2D eigenvalue weighted by Crippen LogP contribution is -2.40. The van der Waals surface area contributed by atoms with Gasteiger partial charge in [0.05, 0.1) is 12.1 Å². The average Bonchev–Trinajstić information content (AvgIpc) is 3.36. The van der Waals surface area contributed by atoms with E-state index in [1.807, 2.05) is 6.92 Å². The molecule has 0 aliphatic carbocycles. The summed E-state index contributed by atoms with van der Waals surface area (Å²) in [7, 11) is 0. The second-order valence-corrected chi connectivity index (χ2v) is 8.70. The SMILES string of the molecule is C/C=C1\CC[C@H](C(=O)O)N1CC(=O)Nc1sc(CC)cc1C(=O)c1ccc(OC(F)(F)F)cc1. The number of allylic oxidation sites excluding steroid dienone is 2. The van der Waals surface area contributed by atoms with Crippen molar-refractivity contribution in [2.24, 2.45) is 0 Å². The molecule has 0 radical (unpaired) electrons. The first-order valence-corrected chi connectivity index (χ1v) is 11.3. The van der Waals surface area contributed by atoms with Crippen molar-refractivity contribution < 1.29 is 37.4 Å². The second kappa shape index (κ2) is 10.3. The highest BCUT2D eigenvalue weighted by Crippen LogP contribution is 2.32. The first-order chi connectivity index (χ1) is 16.0. The summed E-state index contributed by atoms with van der Waals surface area (Å²) in [6.45, 7) is 3.47. The predicted molar refractivity (Wildman–Crippen MR) is 120 cm³/mol. The van der Waals surface area contributed by atoms with Gasteiger partial charge in [0.2, 0.25) is 5.91 Å². The van der Waals surface area contributed by atoms with Crippen molar-refractivity contribution in [3.05, 3.63) is 58.1 Å². The number of carbonyl (C=O) groups excluding carboxylic acids is 2. The zero-order valence-electron chi connectivity index (χ0n) is 18.4. The van der Waals surface area contributed by atoms with E-state index in [0.717, 1.165) is 22.7 Å². The van der Waals surface area contributed by atoms with Crippen molar-refractivity contribution in [1.29, 1.82) is 0 Å². The predicted octanol–water partition coefficient (Wildman–Crippen LogP) is 4.83. The van der Waals surface area contributed by atoms with Crippen LogP contribution in [-0.2, 0) is 16.0 Å². The number of amides is 1. The Morgan fingerprint density at radius 2 is 1.94 bits per heavy atom. The van der Waals surface area contributed by atoms with Gasteiger partial charge in [-0.15, -0.1) is 24.5 Å². The summed E-state index contributed by atoms with van der Waals surface area (Å²) in [5.41, 5.74) is 1.11. The fraction of sp³-hybridized carbons (Fsp3) is 0.348. The molecule has 1 aliphatic rings. The van der Waals surface area contributed by atoms with E-state index in [4.69, 9.17) is 0 Å². The van der Waals surface area contributed by atoms with E-state index in [1.54, 1.807) is 19.1 Å². The van der Waals surface area contributed by atoms with Crippen LogP contribution in [0.3, 0.4) is 0 Å². The van der Waals surface area contributed by atoms with E-state index in [9.17, 15) is 32.7 Å². The maximum atomic E-state index is 13.1. The smallest absolute Gasteiger partial charge is 0.480 e. The molecule has 0 unspecified atom stereocenters. The zero-order valence-corrected chi connectivity index (χ0v) is 19.3. The molecule has 0 saturated carbocycles. The fourth-order valence-corrected chi connectivity index (χ4v) is 4.73. The molecule has 34 heavy (non-hydrogen) atoms. The average molecular weight is 497 g/mol. The minimum Gasteiger partial charge on any atom is -0.480 e. The van der Waals surface area contributed by atoms with E-state index in [-0.39, 0.29) is 17.7 Å². The highest BCUT2D eigenvalue weighted by molar-refractivity contribution is 7.16. The Kier molecular flexibility index (Phi) is 7.65. The number of benzene rings is 1. The van der Waals surface area contributed by atoms with Crippen LogP contribution in [-0.4, -0.2) is 46.6 Å². The molecule has 11 heteroatoms. The highest BCUT2D eigenvalue weighted by atomic mass is 32.1. The van der Waals surface area contributed by atoms with Crippen molar-refractivity contribution in [2.45, 2.75) is 45.5 Å². The molecular weight excluding hydrogens is 473 g/mol. The summed E-state index contributed by atoms with van der Waals surface area (Å²) in [6.07, 6.45) is -1.50. The quantitative estimate of drug-likeness (QED) is 0.508. The van der Waals surface area contributed by atoms with E-state index in [2.05, 4.69) is 10.1 Å². The molecule has 2 heterocycles.